The molecule has 0 radical (unpaired) electrons. The highest BCUT2D eigenvalue weighted by Crippen LogP contribution is 2.22. The van der Waals surface area contributed by atoms with Crippen LogP contribution in [0, 0.1) is 0 Å². The topological polar surface area (TPSA) is 69.6 Å². The van der Waals surface area contributed by atoms with Crippen molar-refractivity contribution in [3.63, 3.8) is 0 Å². The first-order valence-electron chi connectivity index (χ1n) is 5.75. The largest absolute Gasteiger partial charge is 0.480 e. The van der Waals surface area contributed by atoms with Crippen LogP contribution in [-0.4, -0.2) is 40.1 Å². The van der Waals surface area contributed by atoms with E-state index in [0.717, 1.165) is 19.3 Å². The highest BCUT2D eigenvalue weighted by Gasteiger charge is 2.30. The number of carbonyl (C=O) groups is 2. The second-order valence-electron chi connectivity index (χ2n) is 4.55. The number of carboxylic acids is 1. The number of nitrogens with zero attached hydrogens (tertiary/aromatic N) is 1. The van der Waals surface area contributed by atoms with Gasteiger partial charge in [0, 0.05) is 12.1 Å². The minimum absolute atomic E-state index is 0.185. The van der Waals surface area contributed by atoms with Crippen LogP contribution >= 0.6 is 0 Å². The van der Waals surface area contributed by atoms with Gasteiger partial charge in [0.25, 0.3) is 0 Å². The number of hydrogen-bond acceptors (Lipinski definition) is 2. The molecule has 1 aliphatic rings. The fourth-order valence-electron chi connectivity index (χ4n) is 2.14. The zero-order chi connectivity index (χ0) is 12.3. The van der Waals surface area contributed by atoms with E-state index in [9.17, 15) is 9.59 Å². The minimum atomic E-state index is -1.01. The molecule has 0 bridgehead atoms. The Balaban J connectivity index is 2.60. The molecule has 0 saturated carbocycles. The summed E-state index contributed by atoms with van der Waals surface area (Å²) in [6, 6.07) is -0.738. The molecule has 0 aromatic rings. The van der Waals surface area contributed by atoms with Gasteiger partial charge >= 0.3 is 12.0 Å². The van der Waals surface area contributed by atoms with Gasteiger partial charge in [0.2, 0.25) is 0 Å². The molecule has 1 fully saturated rings. The first-order valence-corrected chi connectivity index (χ1v) is 5.75. The Morgan fingerprint density at radius 2 is 1.81 bits per heavy atom. The molecule has 0 aromatic heterocycles. The first kappa shape index (κ1) is 12.8. The molecule has 16 heavy (non-hydrogen) atoms. The lowest BCUT2D eigenvalue weighted by molar-refractivity contribution is -0.138. The number of likely N-dealkylation sites (tertiary alicyclic amines) is 1. The van der Waals surface area contributed by atoms with Crippen LogP contribution in [0.2, 0.25) is 0 Å². The predicted molar refractivity (Wildman–Crippen MR) is 60.2 cm³/mol. The van der Waals surface area contributed by atoms with E-state index in [4.69, 9.17) is 5.11 Å². The summed E-state index contributed by atoms with van der Waals surface area (Å²) >= 11 is 0. The number of urea groups is 1. The van der Waals surface area contributed by atoms with E-state index >= 15 is 0 Å². The smallest absolute Gasteiger partial charge is 0.325 e. The summed E-state index contributed by atoms with van der Waals surface area (Å²) in [4.78, 5) is 24.3. The third kappa shape index (κ3) is 2.87. The molecule has 0 spiro atoms. The Morgan fingerprint density at radius 3 is 2.25 bits per heavy atom. The van der Waals surface area contributed by atoms with Gasteiger partial charge in [0.1, 0.15) is 6.04 Å². The van der Waals surface area contributed by atoms with Gasteiger partial charge in [-0.15, -0.1) is 0 Å². The molecule has 5 heteroatoms. The average Bonchev–Trinajstić information content (AvgIpc) is 2.16. The number of carboxylic acid groups (broad SMARTS) is 1. The highest BCUT2D eigenvalue weighted by molar-refractivity contribution is 5.82. The third-order valence-electron chi connectivity index (χ3n) is 3.14. The minimum Gasteiger partial charge on any atom is -0.480 e. The summed E-state index contributed by atoms with van der Waals surface area (Å²) in [5.74, 6) is -1.01. The van der Waals surface area contributed by atoms with E-state index < -0.39 is 12.0 Å². The second-order valence-corrected chi connectivity index (χ2v) is 4.55. The van der Waals surface area contributed by atoms with Crippen molar-refractivity contribution in [2.24, 2.45) is 0 Å². The summed E-state index contributed by atoms with van der Waals surface area (Å²) in [6.45, 7) is 5.47. The molecule has 92 valence electrons. The molecule has 3 atom stereocenters. The van der Waals surface area contributed by atoms with Gasteiger partial charge in [-0.05, 0) is 40.0 Å². The van der Waals surface area contributed by atoms with Crippen molar-refractivity contribution in [1.29, 1.82) is 0 Å². The standard InChI is InChI=1S/C11H20N2O3/c1-7-5-4-6-8(2)13(7)11(16)12-9(3)10(14)15/h7-9H,4-6H2,1-3H3,(H,12,16)(H,14,15)/t7-,8+,9?. The Hall–Kier alpha value is -1.26. The quantitative estimate of drug-likeness (QED) is 0.751. The number of carbonyl (C=O) groups excluding carboxylic acids is 1. The van der Waals surface area contributed by atoms with Crippen LogP contribution in [0.5, 0.6) is 0 Å². The number of aliphatic carboxylic acids is 1. The van der Waals surface area contributed by atoms with Crippen LogP contribution in [0.25, 0.3) is 0 Å². The number of rotatable bonds is 2. The van der Waals surface area contributed by atoms with Crippen LogP contribution in [0.3, 0.4) is 0 Å². The van der Waals surface area contributed by atoms with Crippen molar-refractivity contribution in [1.82, 2.24) is 10.2 Å². The molecule has 1 heterocycles. The Bertz CT molecular complexity index is 270. The number of amides is 2. The predicted octanol–water partition coefficient (Wildman–Crippen LogP) is 1.43. The molecule has 1 rings (SSSR count). The van der Waals surface area contributed by atoms with E-state index in [1.54, 1.807) is 4.90 Å². The molecule has 1 aliphatic heterocycles. The van der Waals surface area contributed by atoms with E-state index in [1.165, 1.54) is 6.92 Å². The fourth-order valence-corrected chi connectivity index (χ4v) is 2.14. The maximum Gasteiger partial charge on any atom is 0.325 e. The van der Waals surface area contributed by atoms with Gasteiger partial charge < -0.3 is 15.3 Å². The lowest BCUT2D eigenvalue weighted by Crippen LogP contribution is -2.54. The van der Waals surface area contributed by atoms with E-state index in [1.807, 2.05) is 13.8 Å². The molecule has 2 N–H and O–H groups in total. The van der Waals surface area contributed by atoms with Crippen LogP contribution in [0.4, 0.5) is 4.79 Å². The zero-order valence-corrected chi connectivity index (χ0v) is 10.1. The van der Waals surface area contributed by atoms with Crippen LogP contribution in [-0.2, 0) is 4.79 Å². The van der Waals surface area contributed by atoms with Crippen molar-refractivity contribution >= 4 is 12.0 Å². The lowest BCUT2D eigenvalue weighted by Gasteiger charge is -2.39. The van der Waals surface area contributed by atoms with Crippen LogP contribution < -0.4 is 5.32 Å². The summed E-state index contributed by atoms with van der Waals surface area (Å²) in [6.07, 6.45) is 3.10. The first-order chi connectivity index (χ1) is 7.43. The van der Waals surface area contributed by atoms with E-state index in [2.05, 4.69) is 5.32 Å². The van der Waals surface area contributed by atoms with Gasteiger partial charge in [0.15, 0.2) is 0 Å². The maximum absolute atomic E-state index is 11.9. The SMILES string of the molecule is CC(NC(=O)N1[C@H](C)CCC[C@@H]1C)C(=O)O. The zero-order valence-electron chi connectivity index (χ0n) is 10.1. The maximum atomic E-state index is 11.9. The summed E-state index contributed by atoms with van der Waals surface area (Å²) in [7, 11) is 0. The van der Waals surface area contributed by atoms with Gasteiger partial charge in [-0.25, -0.2) is 4.79 Å². The number of piperidine rings is 1. The Morgan fingerprint density at radius 1 is 1.31 bits per heavy atom. The van der Waals surface area contributed by atoms with Gasteiger partial charge in [-0.2, -0.15) is 0 Å². The molecule has 0 aliphatic carbocycles. The monoisotopic (exact) mass is 228 g/mol. The average molecular weight is 228 g/mol. The number of hydrogen-bond donors (Lipinski definition) is 2. The molecule has 1 saturated heterocycles. The number of nitrogens with one attached hydrogen (secondary N) is 1. The molecule has 5 nitrogen and oxygen atoms in total. The normalized spacial score (nSPS) is 27.3. The summed E-state index contributed by atoms with van der Waals surface area (Å²) in [5.41, 5.74) is 0. The fraction of sp³-hybridized carbons (Fsp3) is 0.818. The van der Waals surface area contributed by atoms with Gasteiger partial charge in [-0.3, -0.25) is 4.79 Å². The van der Waals surface area contributed by atoms with Crippen LogP contribution in [0.1, 0.15) is 40.0 Å². The lowest BCUT2D eigenvalue weighted by atomic mass is 9.98. The molecular weight excluding hydrogens is 208 g/mol. The molecule has 1 unspecified atom stereocenters. The highest BCUT2D eigenvalue weighted by atomic mass is 16.4. The summed E-state index contributed by atoms with van der Waals surface area (Å²) < 4.78 is 0. The van der Waals surface area contributed by atoms with Crippen molar-refractivity contribution in [3.8, 4) is 0 Å². The molecular formula is C11H20N2O3. The second kappa shape index (κ2) is 5.18. The van der Waals surface area contributed by atoms with Gasteiger partial charge in [0.05, 0.1) is 0 Å². The van der Waals surface area contributed by atoms with E-state index in [-0.39, 0.29) is 18.1 Å². The van der Waals surface area contributed by atoms with Crippen molar-refractivity contribution < 1.29 is 14.7 Å². The van der Waals surface area contributed by atoms with E-state index in [0.29, 0.717) is 0 Å². The molecule has 2 amide bonds. The molecule has 0 aromatic carbocycles. The van der Waals surface area contributed by atoms with Gasteiger partial charge in [-0.1, -0.05) is 0 Å². The van der Waals surface area contributed by atoms with Crippen molar-refractivity contribution in [3.05, 3.63) is 0 Å². The summed E-state index contributed by atoms with van der Waals surface area (Å²) in [5, 5.41) is 11.2. The van der Waals surface area contributed by atoms with Crippen molar-refractivity contribution in [2.75, 3.05) is 0 Å². The third-order valence-corrected chi connectivity index (χ3v) is 3.14. The Labute approximate surface area is 95.8 Å². The Kier molecular flexibility index (Phi) is 4.15. The van der Waals surface area contributed by atoms with Crippen LogP contribution in [0.15, 0.2) is 0 Å². The van der Waals surface area contributed by atoms with Crippen molar-refractivity contribution in [2.45, 2.75) is 58.2 Å².